The highest BCUT2D eigenvalue weighted by Gasteiger charge is 2.20. The number of thioether (sulfide) groups is 1. The molecule has 2 nitrogen and oxygen atoms in total. The minimum atomic E-state index is 0.0536. The van der Waals surface area contributed by atoms with Gasteiger partial charge in [0.25, 0.3) is 0 Å². The van der Waals surface area contributed by atoms with Crippen molar-refractivity contribution in [1.82, 2.24) is 4.98 Å². The zero-order chi connectivity index (χ0) is 13.1. The Bertz CT molecular complexity index is 349. The third kappa shape index (κ3) is 6.13. The number of rotatable bonds is 5. The van der Waals surface area contributed by atoms with Gasteiger partial charge in [-0.3, -0.25) is 0 Å². The van der Waals surface area contributed by atoms with Crippen LogP contribution in [0.2, 0.25) is 0 Å². The number of aryl methyl sites for hydroxylation is 1. The smallest absolute Gasteiger partial charge is 0.195 e. The Morgan fingerprint density at radius 3 is 2.41 bits per heavy atom. The topological polar surface area (TPSA) is 26.0 Å². The molecule has 98 valence electrons. The van der Waals surface area contributed by atoms with E-state index in [9.17, 15) is 0 Å². The summed E-state index contributed by atoms with van der Waals surface area (Å²) in [6, 6.07) is 0. The number of alkyl halides is 1. The molecule has 1 heterocycles. The van der Waals surface area contributed by atoms with Gasteiger partial charge in [-0.25, -0.2) is 4.98 Å². The Hall–Kier alpha value is 0.290. The van der Waals surface area contributed by atoms with Crippen molar-refractivity contribution in [2.24, 2.45) is 5.41 Å². The summed E-state index contributed by atoms with van der Waals surface area (Å²) in [6.45, 7) is 11.1. The SMILES string of the molecule is CC(C)(C)CSCCc1nc(C(C)(C)I)co1. The number of aromatic nitrogens is 1. The lowest BCUT2D eigenvalue weighted by Gasteiger charge is -2.16. The van der Waals surface area contributed by atoms with Crippen LogP contribution in [0.4, 0.5) is 0 Å². The zero-order valence-corrected chi connectivity index (χ0v) is 14.3. The van der Waals surface area contributed by atoms with Crippen LogP contribution in [0.25, 0.3) is 0 Å². The van der Waals surface area contributed by atoms with Crippen LogP contribution in [0.3, 0.4) is 0 Å². The standard InChI is InChI=1S/C13H22INOS/c1-12(2,3)9-17-7-6-11-15-10(8-16-11)13(4,5)14/h8H,6-7,9H2,1-5H3. The van der Waals surface area contributed by atoms with Crippen molar-refractivity contribution < 1.29 is 4.42 Å². The van der Waals surface area contributed by atoms with Crippen molar-refractivity contribution in [3.05, 3.63) is 17.8 Å². The molecule has 0 fully saturated rings. The first-order chi connectivity index (χ1) is 7.68. The van der Waals surface area contributed by atoms with Gasteiger partial charge in [0, 0.05) is 12.2 Å². The maximum Gasteiger partial charge on any atom is 0.195 e. The summed E-state index contributed by atoms with van der Waals surface area (Å²) in [4.78, 5) is 4.53. The van der Waals surface area contributed by atoms with Gasteiger partial charge < -0.3 is 4.42 Å². The minimum Gasteiger partial charge on any atom is -0.449 e. The number of halogens is 1. The predicted molar refractivity (Wildman–Crippen MR) is 84.0 cm³/mol. The summed E-state index contributed by atoms with van der Waals surface area (Å²) in [5.41, 5.74) is 1.44. The average molecular weight is 367 g/mol. The molecule has 17 heavy (non-hydrogen) atoms. The Labute approximate surface area is 122 Å². The first-order valence-electron chi connectivity index (χ1n) is 5.90. The molecule has 0 spiro atoms. The Balaban J connectivity index is 2.36. The second kappa shape index (κ2) is 5.95. The van der Waals surface area contributed by atoms with Gasteiger partial charge in [0.15, 0.2) is 5.89 Å². The average Bonchev–Trinajstić information content (AvgIpc) is 2.58. The van der Waals surface area contributed by atoms with Crippen molar-refractivity contribution in [3.63, 3.8) is 0 Å². The van der Waals surface area contributed by atoms with Gasteiger partial charge in [-0.2, -0.15) is 11.8 Å². The summed E-state index contributed by atoms with van der Waals surface area (Å²) in [5.74, 6) is 3.13. The molecular formula is C13H22INOS. The molecular weight excluding hydrogens is 345 g/mol. The molecule has 0 bridgehead atoms. The second-order valence-corrected chi connectivity index (χ2v) is 9.76. The van der Waals surface area contributed by atoms with Crippen LogP contribution in [0.1, 0.15) is 46.2 Å². The molecule has 0 aliphatic heterocycles. The first-order valence-corrected chi connectivity index (χ1v) is 8.13. The molecule has 0 radical (unpaired) electrons. The molecule has 0 aliphatic carbocycles. The predicted octanol–water partition coefficient (Wildman–Crippen LogP) is 4.67. The molecule has 0 N–H and O–H groups in total. The number of hydrogen-bond donors (Lipinski definition) is 0. The third-order valence-electron chi connectivity index (χ3n) is 2.16. The zero-order valence-electron chi connectivity index (χ0n) is 11.3. The van der Waals surface area contributed by atoms with Gasteiger partial charge in [-0.15, -0.1) is 0 Å². The molecule has 0 atom stereocenters. The van der Waals surface area contributed by atoms with Crippen LogP contribution >= 0.6 is 34.4 Å². The fourth-order valence-corrected chi connectivity index (χ4v) is 2.56. The Morgan fingerprint density at radius 1 is 1.29 bits per heavy atom. The van der Waals surface area contributed by atoms with E-state index < -0.39 is 0 Å². The van der Waals surface area contributed by atoms with E-state index in [2.05, 4.69) is 62.2 Å². The lowest BCUT2D eigenvalue weighted by atomic mass is 10.0. The van der Waals surface area contributed by atoms with E-state index >= 15 is 0 Å². The maximum atomic E-state index is 5.49. The molecule has 0 unspecified atom stereocenters. The van der Waals surface area contributed by atoms with E-state index in [4.69, 9.17) is 4.42 Å². The van der Waals surface area contributed by atoms with Gasteiger partial charge in [0.2, 0.25) is 0 Å². The van der Waals surface area contributed by atoms with Crippen molar-refractivity contribution >= 4 is 34.4 Å². The quantitative estimate of drug-likeness (QED) is 0.430. The van der Waals surface area contributed by atoms with Gasteiger partial charge in [-0.1, -0.05) is 43.4 Å². The fraction of sp³-hybridized carbons (Fsp3) is 0.769. The van der Waals surface area contributed by atoms with Crippen LogP contribution in [0.5, 0.6) is 0 Å². The van der Waals surface area contributed by atoms with Crippen molar-refractivity contribution in [2.45, 2.75) is 44.5 Å². The van der Waals surface area contributed by atoms with E-state index in [1.165, 1.54) is 5.75 Å². The Kier molecular flexibility index (Phi) is 5.38. The first kappa shape index (κ1) is 15.3. The highest BCUT2D eigenvalue weighted by atomic mass is 127. The van der Waals surface area contributed by atoms with Gasteiger partial charge in [-0.05, 0) is 25.0 Å². The minimum absolute atomic E-state index is 0.0536. The highest BCUT2D eigenvalue weighted by molar-refractivity contribution is 14.1. The molecule has 4 heteroatoms. The normalized spacial score (nSPS) is 13.1. The van der Waals surface area contributed by atoms with E-state index in [0.29, 0.717) is 5.41 Å². The Morgan fingerprint density at radius 2 is 1.94 bits per heavy atom. The molecule has 0 saturated carbocycles. The summed E-state index contributed by atoms with van der Waals surface area (Å²) in [5, 5.41) is 0. The van der Waals surface area contributed by atoms with Gasteiger partial charge in [0.05, 0.1) is 9.12 Å². The summed E-state index contributed by atoms with van der Waals surface area (Å²) < 4.78 is 5.55. The van der Waals surface area contributed by atoms with Crippen LogP contribution in [0.15, 0.2) is 10.7 Å². The largest absolute Gasteiger partial charge is 0.449 e. The van der Waals surface area contributed by atoms with Crippen LogP contribution in [-0.2, 0) is 9.84 Å². The van der Waals surface area contributed by atoms with Crippen molar-refractivity contribution in [2.75, 3.05) is 11.5 Å². The fourth-order valence-electron chi connectivity index (χ4n) is 1.24. The lowest BCUT2D eigenvalue weighted by Crippen LogP contribution is -2.09. The monoisotopic (exact) mass is 367 g/mol. The van der Waals surface area contributed by atoms with Gasteiger partial charge in [0.1, 0.15) is 6.26 Å². The van der Waals surface area contributed by atoms with Crippen LogP contribution < -0.4 is 0 Å². The highest BCUT2D eigenvalue weighted by Crippen LogP contribution is 2.29. The van der Waals surface area contributed by atoms with Crippen LogP contribution in [0, 0.1) is 5.41 Å². The number of nitrogens with zero attached hydrogens (tertiary/aromatic N) is 1. The van der Waals surface area contributed by atoms with Crippen molar-refractivity contribution in [1.29, 1.82) is 0 Å². The second-order valence-electron chi connectivity index (χ2n) is 5.96. The number of oxazole rings is 1. The summed E-state index contributed by atoms with van der Waals surface area (Å²) >= 11 is 4.35. The molecule has 1 aromatic rings. The molecule has 0 aliphatic rings. The molecule has 0 saturated heterocycles. The molecule has 0 aromatic carbocycles. The molecule has 1 aromatic heterocycles. The van der Waals surface area contributed by atoms with E-state index in [1.807, 2.05) is 11.8 Å². The van der Waals surface area contributed by atoms with E-state index in [-0.39, 0.29) is 3.42 Å². The summed E-state index contributed by atoms with van der Waals surface area (Å²) in [6.07, 6.45) is 2.71. The molecule has 1 rings (SSSR count). The van der Waals surface area contributed by atoms with E-state index in [0.717, 1.165) is 23.8 Å². The third-order valence-corrected chi connectivity index (χ3v) is 4.27. The van der Waals surface area contributed by atoms with Gasteiger partial charge >= 0.3 is 0 Å². The maximum absolute atomic E-state index is 5.49. The van der Waals surface area contributed by atoms with Crippen molar-refractivity contribution in [3.8, 4) is 0 Å². The number of hydrogen-bond acceptors (Lipinski definition) is 3. The van der Waals surface area contributed by atoms with E-state index in [1.54, 1.807) is 6.26 Å². The van der Waals surface area contributed by atoms with Crippen LogP contribution in [-0.4, -0.2) is 16.5 Å². The lowest BCUT2D eigenvalue weighted by molar-refractivity contribution is 0.479. The summed E-state index contributed by atoms with van der Waals surface area (Å²) in [7, 11) is 0. The molecule has 0 amide bonds.